The van der Waals surface area contributed by atoms with Gasteiger partial charge in [0.05, 0.1) is 5.56 Å². The Morgan fingerprint density at radius 1 is 1.53 bits per heavy atom. The van der Waals surface area contributed by atoms with Gasteiger partial charge in [-0.3, -0.25) is 0 Å². The van der Waals surface area contributed by atoms with E-state index in [4.69, 9.17) is 5.26 Å². The van der Waals surface area contributed by atoms with Crippen molar-refractivity contribution in [1.82, 2.24) is 4.98 Å². The standard InChI is InChI=1S/C14H17N3/c1-11-6-8-16-14(13(11)10-15)17-9-7-12-4-2-3-5-12/h4,6,8H,2-3,5,7,9H2,1H3,(H,16,17). The van der Waals surface area contributed by atoms with E-state index in [-0.39, 0.29) is 0 Å². The Morgan fingerprint density at radius 3 is 3.12 bits per heavy atom. The Hall–Kier alpha value is -1.82. The van der Waals surface area contributed by atoms with Crippen molar-refractivity contribution >= 4 is 5.82 Å². The second kappa shape index (κ2) is 5.49. The van der Waals surface area contributed by atoms with Gasteiger partial charge in [-0.1, -0.05) is 11.6 Å². The molecule has 0 spiro atoms. The molecule has 3 nitrogen and oxygen atoms in total. The molecular formula is C14H17N3. The summed E-state index contributed by atoms with van der Waals surface area (Å²) in [5.41, 5.74) is 3.17. The summed E-state index contributed by atoms with van der Waals surface area (Å²) < 4.78 is 0. The van der Waals surface area contributed by atoms with Crippen LogP contribution in [0.5, 0.6) is 0 Å². The van der Waals surface area contributed by atoms with E-state index in [0.717, 1.165) is 18.5 Å². The topological polar surface area (TPSA) is 48.7 Å². The summed E-state index contributed by atoms with van der Waals surface area (Å²) in [6, 6.07) is 4.07. The SMILES string of the molecule is Cc1ccnc(NCCC2=CCCC2)c1C#N. The lowest BCUT2D eigenvalue weighted by Gasteiger charge is -2.08. The Bertz CT molecular complexity index is 469. The number of hydrogen-bond acceptors (Lipinski definition) is 3. The summed E-state index contributed by atoms with van der Waals surface area (Å²) in [4.78, 5) is 4.22. The van der Waals surface area contributed by atoms with Crippen LogP contribution in [0.4, 0.5) is 5.82 Å². The molecule has 1 heterocycles. The third kappa shape index (κ3) is 2.85. The zero-order valence-electron chi connectivity index (χ0n) is 10.2. The first-order chi connectivity index (χ1) is 8.31. The smallest absolute Gasteiger partial charge is 0.144 e. The van der Waals surface area contributed by atoms with E-state index in [0.29, 0.717) is 11.4 Å². The van der Waals surface area contributed by atoms with Gasteiger partial charge < -0.3 is 5.32 Å². The van der Waals surface area contributed by atoms with Crippen molar-refractivity contribution in [3.8, 4) is 6.07 Å². The summed E-state index contributed by atoms with van der Waals surface area (Å²) in [5.74, 6) is 0.714. The second-order valence-corrected chi connectivity index (χ2v) is 4.39. The number of hydrogen-bond donors (Lipinski definition) is 1. The van der Waals surface area contributed by atoms with Crippen LogP contribution in [0.1, 0.15) is 36.8 Å². The Labute approximate surface area is 102 Å². The largest absolute Gasteiger partial charge is 0.369 e. The summed E-state index contributed by atoms with van der Waals surface area (Å²) >= 11 is 0. The van der Waals surface area contributed by atoms with Gasteiger partial charge in [0.1, 0.15) is 11.9 Å². The normalized spacial score (nSPS) is 14.2. The molecule has 0 saturated heterocycles. The molecular weight excluding hydrogens is 210 g/mol. The highest BCUT2D eigenvalue weighted by Crippen LogP contribution is 2.21. The number of nitriles is 1. The van der Waals surface area contributed by atoms with Crippen LogP contribution < -0.4 is 5.32 Å². The minimum absolute atomic E-state index is 0.660. The molecule has 0 radical (unpaired) electrons. The van der Waals surface area contributed by atoms with E-state index in [1.165, 1.54) is 24.8 Å². The molecule has 0 bridgehead atoms. The van der Waals surface area contributed by atoms with Gasteiger partial charge in [-0.25, -0.2) is 4.98 Å². The first-order valence-corrected chi connectivity index (χ1v) is 6.09. The lowest BCUT2D eigenvalue weighted by Crippen LogP contribution is -2.06. The van der Waals surface area contributed by atoms with Gasteiger partial charge in [0.15, 0.2) is 0 Å². The average molecular weight is 227 g/mol. The molecule has 1 N–H and O–H groups in total. The lowest BCUT2D eigenvalue weighted by atomic mass is 10.1. The fraction of sp³-hybridized carbons (Fsp3) is 0.429. The zero-order chi connectivity index (χ0) is 12.1. The number of nitrogens with zero attached hydrogens (tertiary/aromatic N) is 2. The predicted molar refractivity (Wildman–Crippen MR) is 68.7 cm³/mol. The van der Waals surface area contributed by atoms with E-state index >= 15 is 0 Å². The number of aryl methyl sites for hydroxylation is 1. The molecule has 0 amide bonds. The van der Waals surface area contributed by atoms with Crippen molar-refractivity contribution in [3.05, 3.63) is 35.0 Å². The fourth-order valence-electron chi connectivity index (χ4n) is 2.14. The van der Waals surface area contributed by atoms with E-state index in [1.807, 2.05) is 13.0 Å². The molecule has 88 valence electrons. The number of rotatable bonds is 4. The van der Waals surface area contributed by atoms with Crippen molar-refractivity contribution < 1.29 is 0 Å². The maximum atomic E-state index is 9.07. The van der Waals surface area contributed by atoms with Crippen LogP contribution in [0.2, 0.25) is 0 Å². The highest BCUT2D eigenvalue weighted by Gasteiger charge is 2.07. The summed E-state index contributed by atoms with van der Waals surface area (Å²) in [6.07, 6.45) is 8.88. The molecule has 2 rings (SSSR count). The average Bonchev–Trinajstić information content (AvgIpc) is 2.82. The molecule has 0 saturated carbocycles. The fourth-order valence-corrected chi connectivity index (χ4v) is 2.14. The van der Waals surface area contributed by atoms with Gasteiger partial charge in [-0.15, -0.1) is 0 Å². The van der Waals surface area contributed by atoms with Crippen LogP contribution in [0.3, 0.4) is 0 Å². The molecule has 1 aromatic heterocycles. The highest BCUT2D eigenvalue weighted by molar-refractivity contribution is 5.55. The van der Waals surface area contributed by atoms with Gasteiger partial charge in [-0.05, 0) is 44.2 Å². The van der Waals surface area contributed by atoms with Crippen molar-refractivity contribution in [2.24, 2.45) is 0 Å². The number of allylic oxidation sites excluding steroid dienone is 1. The molecule has 17 heavy (non-hydrogen) atoms. The van der Waals surface area contributed by atoms with Crippen LogP contribution in [-0.4, -0.2) is 11.5 Å². The van der Waals surface area contributed by atoms with Gasteiger partial charge in [0.25, 0.3) is 0 Å². The van der Waals surface area contributed by atoms with Crippen molar-refractivity contribution in [3.63, 3.8) is 0 Å². The second-order valence-electron chi connectivity index (χ2n) is 4.39. The number of nitrogens with one attached hydrogen (secondary N) is 1. The van der Waals surface area contributed by atoms with Crippen LogP contribution in [0.25, 0.3) is 0 Å². The van der Waals surface area contributed by atoms with E-state index in [9.17, 15) is 0 Å². The van der Waals surface area contributed by atoms with E-state index in [2.05, 4.69) is 22.4 Å². The van der Waals surface area contributed by atoms with Crippen LogP contribution in [0.15, 0.2) is 23.9 Å². The summed E-state index contributed by atoms with van der Waals surface area (Å²) in [5, 5.41) is 12.3. The monoisotopic (exact) mass is 227 g/mol. The molecule has 1 aliphatic carbocycles. The maximum absolute atomic E-state index is 9.07. The van der Waals surface area contributed by atoms with Gasteiger partial charge in [0, 0.05) is 12.7 Å². The Kier molecular flexibility index (Phi) is 3.77. The van der Waals surface area contributed by atoms with Gasteiger partial charge in [-0.2, -0.15) is 5.26 Å². The van der Waals surface area contributed by atoms with E-state index < -0.39 is 0 Å². The van der Waals surface area contributed by atoms with Gasteiger partial charge >= 0.3 is 0 Å². The summed E-state index contributed by atoms with van der Waals surface area (Å²) in [7, 11) is 0. The van der Waals surface area contributed by atoms with Gasteiger partial charge in [0.2, 0.25) is 0 Å². The van der Waals surface area contributed by atoms with Crippen molar-refractivity contribution in [2.45, 2.75) is 32.6 Å². The molecule has 0 fully saturated rings. The number of pyridine rings is 1. The molecule has 0 aliphatic heterocycles. The quantitative estimate of drug-likeness (QED) is 0.804. The first-order valence-electron chi connectivity index (χ1n) is 6.09. The molecule has 0 unspecified atom stereocenters. The molecule has 0 atom stereocenters. The van der Waals surface area contributed by atoms with Crippen molar-refractivity contribution in [2.75, 3.05) is 11.9 Å². The molecule has 1 aromatic rings. The summed E-state index contributed by atoms with van der Waals surface area (Å²) in [6.45, 7) is 2.79. The van der Waals surface area contributed by atoms with E-state index in [1.54, 1.807) is 6.20 Å². The Balaban J connectivity index is 1.95. The molecule has 1 aliphatic rings. The highest BCUT2D eigenvalue weighted by atomic mass is 15.0. The van der Waals surface area contributed by atoms with Crippen LogP contribution in [0, 0.1) is 18.3 Å². The van der Waals surface area contributed by atoms with Crippen LogP contribution in [-0.2, 0) is 0 Å². The molecule has 3 heteroatoms. The minimum atomic E-state index is 0.660. The first kappa shape index (κ1) is 11.7. The van der Waals surface area contributed by atoms with Crippen LogP contribution >= 0.6 is 0 Å². The third-order valence-electron chi connectivity index (χ3n) is 3.14. The van der Waals surface area contributed by atoms with Crippen molar-refractivity contribution in [1.29, 1.82) is 5.26 Å². The predicted octanol–water partition coefficient (Wildman–Crippen LogP) is 3.17. The minimum Gasteiger partial charge on any atom is -0.369 e. The number of aromatic nitrogens is 1. The Morgan fingerprint density at radius 2 is 2.41 bits per heavy atom. The number of anilines is 1. The molecule has 0 aromatic carbocycles. The zero-order valence-corrected chi connectivity index (χ0v) is 10.2. The third-order valence-corrected chi connectivity index (χ3v) is 3.14. The lowest BCUT2D eigenvalue weighted by molar-refractivity contribution is 0.861. The maximum Gasteiger partial charge on any atom is 0.144 e.